The van der Waals surface area contributed by atoms with Gasteiger partial charge in [0.1, 0.15) is 5.76 Å². The van der Waals surface area contributed by atoms with E-state index >= 15 is 0 Å². The van der Waals surface area contributed by atoms with Crippen molar-refractivity contribution < 1.29 is 9.63 Å². The predicted molar refractivity (Wildman–Crippen MR) is 90.3 cm³/mol. The third kappa shape index (κ3) is 3.78. The smallest absolute Gasteiger partial charge is 0.139 e. The van der Waals surface area contributed by atoms with Gasteiger partial charge in [-0.1, -0.05) is 19.0 Å². The van der Waals surface area contributed by atoms with Crippen molar-refractivity contribution in [3.05, 3.63) is 17.5 Å². The van der Waals surface area contributed by atoms with E-state index in [2.05, 4.69) is 36.3 Å². The highest BCUT2D eigenvalue weighted by Crippen LogP contribution is 2.48. The lowest BCUT2D eigenvalue weighted by molar-refractivity contribution is 0.00206. The van der Waals surface area contributed by atoms with Crippen LogP contribution < -0.4 is 5.32 Å². The molecule has 23 heavy (non-hydrogen) atoms. The van der Waals surface area contributed by atoms with Crippen molar-refractivity contribution >= 4 is 0 Å². The van der Waals surface area contributed by atoms with Crippen LogP contribution in [0.25, 0.3) is 0 Å². The molecule has 2 aliphatic rings. The second-order valence-electron chi connectivity index (χ2n) is 8.01. The van der Waals surface area contributed by atoms with E-state index in [0.29, 0.717) is 29.8 Å². The molecule has 5 heteroatoms. The lowest BCUT2D eigenvalue weighted by Gasteiger charge is -2.54. The van der Waals surface area contributed by atoms with E-state index in [4.69, 9.17) is 9.63 Å². The second-order valence-corrected chi connectivity index (χ2v) is 8.01. The van der Waals surface area contributed by atoms with Crippen LogP contribution in [0.5, 0.6) is 0 Å². The van der Waals surface area contributed by atoms with Crippen molar-refractivity contribution in [3.63, 3.8) is 0 Å². The Hall–Kier alpha value is -0.910. The van der Waals surface area contributed by atoms with Crippen LogP contribution in [-0.4, -0.2) is 54.0 Å². The molecule has 0 spiro atoms. The Morgan fingerprint density at radius 2 is 2.13 bits per heavy atom. The van der Waals surface area contributed by atoms with E-state index in [0.717, 1.165) is 17.9 Å². The summed E-state index contributed by atoms with van der Waals surface area (Å²) in [6, 6.07) is 3.30. The zero-order chi connectivity index (χ0) is 16.4. The van der Waals surface area contributed by atoms with Crippen molar-refractivity contribution in [2.75, 3.05) is 26.7 Å². The van der Waals surface area contributed by atoms with Gasteiger partial charge in [-0.2, -0.15) is 0 Å². The number of hydrogen-bond acceptors (Lipinski definition) is 5. The molecule has 3 rings (SSSR count). The van der Waals surface area contributed by atoms with Crippen LogP contribution in [0.3, 0.4) is 0 Å². The molecule has 1 saturated carbocycles. The Morgan fingerprint density at radius 3 is 2.78 bits per heavy atom. The first-order valence-corrected chi connectivity index (χ1v) is 8.99. The summed E-state index contributed by atoms with van der Waals surface area (Å²) in [5.41, 5.74) is 1.34. The number of likely N-dealkylation sites (tertiary alicyclic amines) is 1. The van der Waals surface area contributed by atoms with Gasteiger partial charge < -0.3 is 19.8 Å². The summed E-state index contributed by atoms with van der Waals surface area (Å²) in [4.78, 5) is 2.42. The molecule has 2 fully saturated rings. The Labute approximate surface area is 139 Å². The number of aromatic nitrogens is 1. The summed E-state index contributed by atoms with van der Waals surface area (Å²) in [6.07, 6.45) is 5.29. The highest BCUT2D eigenvalue weighted by atomic mass is 16.5. The summed E-state index contributed by atoms with van der Waals surface area (Å²) in [5.74, 6) is 1.44. The Kier molecular flexibility index (Phi) is 5.09. The van der Waals surface area contributed by atoms with E-state index < -0.39 is 0 Å². The molecule has 0 radical (unpaired) electrons. The van der Waals surface area contributed by atoms with Crippen molar-refractivity contribution in [1.82, 2.24) is 15.4 Å². The maximum absolute atomic E-state index is 8.96. The average molecular weight is 321 g/mol. The maximum Gasteiger partial charge on any atom is 0.139 e. The molecule has 2 heterocycles. The van der Waals surface area contributed by atoms with Crippen LogP contribution >= 0.6 is 0 Å². The Morgan fingerprint density at radius 1 is 1.39 bits per heavy atom. The largest absolute Gasteiger partial charge is 0.396 e. The molecule has 0 bridgehead atoms. The van der Waals surface area contributed by atoms with Gasteiger partial charge in [0.25, 0.3) is 0 Å². The Bertz CT molecular complexity index is 506. The number of aliphatic hydroxyl groups excluding tert-OH is 1. The number of rotatable bonds is 6. The summed E-state index contributed by atoms with van der Waals surface area (Å²) >= 11 is 0. The predicted octanol–water partition coefficient (Wildman–Crippen LogP) is 1.85. The molecule has 1 saturated heterocycles. The van der Waals surface area contributed by atoms with Gasteiger partial charge in [0.15, 0.2) is 0 Å². The van der Waals surface area contributed by atoms with Crippen LogP contribution in [-0.2, 0) is 12.8 Å². The molecule has 0 amide bonds. The van der Waals surface area contributed by atoms with Gasteiger partial charge in [0.05, 0.1) is 12.3 Å². The number of aliphatic hydroxyl groups is 1. The van der Waals surface area contributed by atoms with E-state index in [9.17, 15) is 0 Å². The topological polar surface area (TPSA) is 61.5 Å². The molecular weight excluding hydrogens is 290 g/mol. The zero-order valence-corrected chi connectivity index (χ0v) is 14.7. The molecule has 1 aliphatic carbocycles. The molecule has 2 atom stereocenters. The molecule has 1 aromatic rings. The summed E-state index contributed by atoms with van der Waals surface area (Å²) in [6.45, 7) is 7.29. The van der Waals surface area contributed by atoms with Gasteiger partial charge in [-0.15, -0.1) is 0 Å². The standard InChI is InChI=1S/C18H31N3O2/c1-18(2)13(10-15-12-16(6-9-22)23-20-15)11-17(18)19-14-4-7-21(3)8-5-14/h12-14,17,19,22H,4-11H2,1-3H3/t13-,17+/m1/s1. The molecule has 1 aliphatic heterocycles. The number of hydrogen-bond donors (Lipinski definition) is 2. The van der Waals surface area contributed by atoms with Gasteiger partial charge >= 0.3 is 0 Å². The molecule has 5 nitrogen and oxygen atoms in total. The molecule has 2 N–H and O–H groups in total. The van der Waals surface area contributed by atoms with Crippen LogP contribution in [0.1, 0.15) is 44.6 Å². The van der Waals surface area contributed by atoms with Crippen molar-refractivity contribution in [2.45, 2.75) is 58.0 Å². The molecule has 0 aromatic carbocycles. The maximum atomic E-state index is 8.96. The van der Waals surface area contributed by atoms with E-state index in [1.807, 2.05) is 6.07 Å². The molecular formula is C18H31N3O2. The highest BCUT2D eigenvalue weighted by Gasteiger charge is 2.48. The van der Waals surface area contributed by atoms with Crippen molar-refractivity contribution in [1.29, 1.82) is 0 Å². The summed E-state index contributed by atoms with van der Waals surface area (Å²) < 4.78 is 5.27. The third-order valence-electron chi connectivity index (χ3n) is 6.05. The van der Waals surface area contributed by atoms with Crippen LogP contribution in [0, 0.1) is 11.3 Å². The first-order valence-electron chi connectivity index (χ1n) is 8.99. The quantitative estimate of drug-likeness (QED) is 0.837. The average Bonchev–Trinajstić information content (AvgIpc) is 2.96. The SMILES string of the molecule is CN1CCC(N[C@H]2C[C@@H](Cc3cc(CCO)on3)C2(C)C)CC1. The lowest BCUT2D eigenvalue weighted by atomic mass is 9.57. The normalized spacial score (nSPS) is 28.7. The van der Waals surface area contributed by atoms with E-state index in [1.54, 1.807) is 0 Å². The zero-order valence-electron chi connectivity index (χ0n) is 14.7. The van der Waals surface area contributed by atoms with Gasteiger partial charge in [0.2, 0.25) is 0 Å². The van der Waals surface area contributed by atoms with Crippen molar-refractivity contribution in [3.8, 4) is 0 Å². The van der Waals surface area contributed by atoms with Crippen LogP contribution in [0.15, 0.2) is 10.6 Å². The number of nitrogens with one attached hydrogen (secondary N) is 1. The van der Waals surface area contributed by atoms with Gasteiger partial charge in [-0.3, -0.25) is 0 Å². The highest BCUT2D eigenvalue weighted by molar-refractivity contribution is 5.11. The fourth-order valence-electron chi connectivity index (χ4n) is 4.04. The first-order chi connectivity index (χ1) is 11.0. The van der Waals surface area contributed by atoms with E-state index in [1.165, 1.54) is 32.4 Å². The monoisotopic (exact) mass is 321 g/mol. The second kappa shape index (κ2) is 6.91. The molecule has 0 unspecified atom stereocenters. The summed E-state index contributed by atoms with van der Waals surface area (Å²) in [5, 5.41) is 17.0. The van der Waals surface area contributed by atoms with Crippen LogP contribution in [0.2, 0.25) is 0 Å². The van der Waals surface area contributed by atoms with Crippen molar-refractivity contribution in [2.24, 2.45) is 11.3 Å². The molecule has 1 aromatic heterocycles. The Balaban J connectivity index is 1.49. The third-order valence-corrected chi connectivity index (χ3v) is 6.05. The van der Waals surface area contributed by atoms with Gasteiger partial charge in [0, 0.05) is 24.6 Å². The minimum Gasteiger partial charge on any atom is -0.396 e. The minimum atomic E-state index is 0.117. The van der Waals surface area contributed by atoms with Gasteiger partial charge in [-0.05, 0) is 57.2 Å². The fraction of sp³-hybridized carbons (Fsp3) is 0.833. The van der Waals surface area contributed by atoms with Gasteiger partial charge in [-0.25, -0.2) is 0 Å². The fourth-order valence-corrected chi connectivity index (χ4v) is 4.04. The number of piperidine rings is 1. The summed E-state index contributed by atoms with van der Waals surface area (Å²) in [7, 11) is 2.21. The lowest BCUT2D eigenvalue weighted by Crippen LogP contribution is -2.60. The van der Waals surface area contributed by atoms with Crippen LogP contribution in [0.4, 0.5) is 0 Å². The first kappa shape index (κ1) is 16.9. The van der Waals surface area contributed by atoms with E-state index in [-0.39, 0.29) is 6.61 Å². The minimum absolute atomic E-state index is 0.117. The number of nitrogens with zero attached hydrogens (tertiary/aromatic N) is 2. The molecule has 130 valence electrons.